The highest BCUT2D eigenvalue weighted by Gasteiger charge is 2.21. The van der Waals surface area contributed by atoms with E-state index in [4.69, 9.17) is 9.52 Å². The minimum absolute atomic E-state index is 0.0106. The number of aromatic carboxylic acids is 1. The van der Waals surface area contributed by atoms with E-state index in [0.29, 0.717) is 18.7 Å². The molecule has 0 unspecified atom stereocenters. The Kier molecular flexibility index (Phi) is 4.49. The van der Waals surface area contributed by atoms with E-state index in [-0.39, 0.29) is 17.1 Å². The molecule has 2 N–H and O–H groups in total. The van der Waals surface area contributed by atoms with E-state index in [9.17, 15) is 13.2 Å². The molecular weight excluding hydrogens is 296 g/mol. The second-order valence-electron chi connectivity index (χ2n) is 4.46. The molecule has 114 valence electrons. The zero-order chi connectivity index (χ0) is 15.5. The van der Waals surface area contributed by atoms with Crippen LogP contribution in [-0.2, 0) is 23.1 Å². The van der Waals surface area contributed by atoms with Crippen molar-refractivity contribution in [2.24, 2.45) is 0 Å². The van der Waals surface area contributed by atoms with Gasteiger partial charge in [0.15, 0.2) is 0 Å². The van der Waals surface area contributed by atoms with Gasteiger partial charge >= 0.3 is 5.97 Å². The van der Waals surface area contributed by atoms with E-state index in [1.165, 1.54) is 17.0 Å². The Morgan fingerprint density at radius 2 is 2.24 bits per heavy atom. The average molecular weight is 312 g/mol. The number of carbonyl (C=O) groups is 1. The summed E-state index contributed by atoms with van der Waals surface area (Å²) in [6.07, 6.45) is 3.48. The topological polar surface area (TPSA) is 102 Å². The lowest BCUT2D eigenvalue weighted by molar-refractivity contribution is 0.0685. The first-order valence-electron chi connectivity index (χ1n) is 6.39. The number of hydrogen-bond donors (Lipinski definition) is 2. The largest absolute Gasteiger partial charge is 0.477 e. The molecule has 0 saturated heterocycles. The molecule has 0 bridgehead atoms. The fourth-order valence-electron chi connectivity index (χ4n) is 1.90. The van der Waals surface area contributed by atoms with Gasteiger partial charge in [-0.3, -0.25) is 0 Å². The number of hydrogen-bond acceptors (Lipinski definition) is 4. The molecule has 0 atom stereocenters. The van der Waals surface area contributed by atoms with Gasteiger partial charge in [-0.25, -0.2) is 17.9 Å². The van der Waals surface area contributed by atoms with Gasteiger partial charge in [0, 0.05) is 12.7 Å². The summed E-state index contributed by atoms with van der Waals surface area (Å²) in [7, 11) is -3.78. The first-order valence-corrected chi connectivity index (χ1v) is 7.88. The summed E-state index contributed by atoms with van der Waals surface area (Å²) in [5.41, 5.74) is -0.0461. The molecule has 7 nitrogen and oxygen atoms in total. The van der Waals surface area contributed by atoms with Crippen molar-refractivity contribution in [1.82, 2.24) is 9.29 Å². The number of rotatable bonds is 7. The van der Waals surface area contributed by atoms with Gasteiger partial charge in [-0.1, -0.05) is 6.92 Å². The Hall–Kier alpha value is -2.06. The van der Waals surface area contributed by atoms with Gasteiger partial charge in [0.2, 0.25) is 10.0 Å². The third kappa shape index (κ3) is 3.53. The van der Waals surface area contributed by atoms with Gasteiger partial charge in [-0.15, -0.1) is 0 Å². The fraction of sp³-hybridized carbons (Fsp3) is 0.308. The third-order valence-electron chi connectivity index (χ3n) is 2.88. The standard InChI is InChI=1S/C13H16N2O5S/c1-2-5-15-9-11(7-12(15)13(16)17)21(18,19)14-8-10-4-3-6-20-10/h3-4,6-7,9,14H,2,5,8H2,1H3,(H,16,17). The summed E-state index contributed by atoms with van der Waals surface area (Å²) in [4.78, 5) is 11.1. The Morgan fingerprint density at radius 3 is 2.81 bits per heavy atom. The predicted octanol–water partition coefficient (Wildman–Crippen LogP) is 1.67. The van der Waals surface area contributed by atoms with Gasteiger partial charge in [-0.05, 0) is 24.6 Å². The highest BCUT2D eigenvalue weighted by atomic mass is 32.2. The van der Waals surface area contributed by atoms with Crippen LogP contribution in [0.2, 0.25) is 0 Å². The van der Waals surface area contributed by atoms with Gasteiger partial charge in [-0.2, -0.15) is 0 Å². The quantitative estimate of drug-likeness (QED) is 0.809. The Bertz CT molecular complexity index is 716. The zero-order valence-electron chi connectivity index (χ0n) is 11.4. The molecule has 2 aromatic rings. The predicted molar refractivity (Wildman–Crippen MR) is 74.4 cm³/mol. The van der Waals surface area contributed by atoms with E-state index in [1.807, 2.05) is 6.92 Å². The molecule has 0 aliphatic heterocycles. The second-order valence-corrected chi connectivity index (χ2v) is 6.23. The first-order chi connectivity index (χ1) is 9.94. The number of furan rings is 1. The number of nitrogens with one attached hydrogen (secondary N) is 1. The molecule has 2 aromatic heterocycles. The van der Waals surface area contributed by atoms with Crippen LogP contribution in [0.25, 0.3) is 0 Å². The SMILES string of the molecule is CCCn1cc(S(=O)(=O)NCc2ccco2)cc1C(=O)O. The van der Waals surface area contributed by atoms with Crippen molar-refractivity contribution in [3.63, 3.8) is 0 Å². The maximum Gasteiger partial charge on any atom is 0.352 e. The lowest BCUT2D eigenvalue weighted by atomic mass is 10.4. The molecule has 0 radical (unpaired) electrons. The zero-order valence-corrected chi connectivity index (χ0v) is 12.3. The van der Waals surface area contributed by atoms with E-state index >= 15 is 0 Å². The summed E-state index contributed by atoms with van der Waals surface area (Å²) in [5, 5.41) is 9.10. The van der Waals surface area contributed by atoms with Gasteiger partial charge in [0.1, 0.15) is 16.3 Å². The van der Waals surface area contributed by atoms with Gasteiger partial charge < -0.3 is 14.1 Å². The smallest absolute Gasteiger partial charge is 0.352 e. The first kappa shape index (κ1) is 15.3. The second kappa shape index (κ2) is 6.15. The lowest BCUT2D eigenvalue weighted by Gasteiger charge is -2.03. The molecule has 2 rings (SSSR count). The summed E-state index contributed by atoms with van der Waals surface area (Å²) in [5.74, 6) is -0.680. The van der Waals surface area contributed by atoms with Gasteiger partial charge in [0.05, 0.1) is 12.8 Å². The minimum Gasteiger partial charge on any atom is -0.477 e. The van der Waals surface area contributed by atoms with Crippen LogP contribution < -0.4 is 4.72 Å². The van der Waals surface area contributed by atoms with E-state index in [2.05, 4.69) is 4.72 Å². The fourth-order valence-corrected chi connectivity index (χ4v) is 2.93. The Morgan fingerprint density at radius 1 is 1.48 bits per heavy atom. The molecular formula is C13H16N2O5S. The molecule has 2 heterocycles. The van der Waals surface area contributed by atoms with Crippen LogP contribution in [0.4, 0.5) is 0 Å². The number of sulfonamides is 1. The van der Waals surface area contributed by atoms with Crippen molar-refractivity contribution in [1.29, 1.82) is 0 Å². The molecule has 0 aliphatic carbocycles. The maximum atomic E-state index is 12.2. The third-order valence-corrected chi connectivity index (χ3v) is 4.25. The van der Waals surface area contributed by atoms with Crippen molar-refractivity contribution in [2.45, 2.75) is 31.3 Å². The van der Waals surface area contributed by atoms with Crippen LogP contribution in [0.5, 0.6) is 0 Å². The summed E-state index contributed by atoms with van der Waals surface area (Å²) >= 11 is 0. The average Bonchev–Trinajstić information content (AvgIpc) is 3.06. The van der Waals surface area contributed by atoms with Crippen molar-refractivity contribution in [3.05, 3.63) is 42.1 Å². The molecule has 0 aromatic carbocycles. The van der Waals surface area contributed by atoms with Crippen LogP contribution >= 0.6 is 0 Å². The monoisotopic (exact) mass is 312 g/mol. The molecule has 0 fully saturated rings. The molecule has 0 aliphatic rings. The highest BCUT2D eigenvalue weighted by molar-refractivity contribution is 7.89. The summed E-state index contributed by atoms with van der Waals surface area (Å²) in [6, 6.07) is 4.46. The normalized spacial score (nSPS) is 11.7. The van der Waals surface area contributed by atoms with Crippen LogP contribution in [0.15, 0.2) is 40.0 Å². The molecule has 8 heteroatoms. The van der Waals surface area contributed by atoms with E-state index in [0.717, 1.165) is 6.07 Å². The minimum atomic E-state index is -3.78. The number of carboxylic acids is 1. The summed E-state index contributed by atoms with van der Waals surface area (Å²) in [6.45, 7) is 2.33. The van der Waals surface area contributed by atoms with Crippen molar-refractivity contribution >= 4 is 16.0 Å². The van der Waals surface area contributed by atoms with E-state index in [1.54, 1.807) is 12.1 Å². The molecule has 0 spiro atoms. The number of nitrogens with zero attached hydrogens (tertiary/aromatic N) is 1. The van der Waals surface area contributed by atoms with Crippen molar-refractivity contribution in [3.8, 4) is 0 Å². The maximum absolute atomic E-state index is 12.2. The van der Waals surface area contributed by atoms with Crippen LogP contribution in [-0.4, -0.2) is 24.1 Å². The molecule has 21 heavy (non-hydrogen) atoms. The Labute approximate surface area is 122 Å². The number of carboxylic acid groups (broad SMARTS) is 1. The van der Waals surface area contributed by atoms with Crippen LogP contribution in [0, 0.1) is 0 Å². The van der Waals surface area contributed by atoms with Crippen LogP contribution in [0.1, 0.15) is 29.6 Å². The number of aromatic nitrogens is 1. The Balaban J connectivity index is 2.23. The highest BCUT2D eigenvalue weighted by Crippen LogP contribution is 2.16. The van der Waals surface area contributed by atoms with Crippen LogP contribution in [0.3, 0.4) is 0 Å². The van der Waals surface area contributed by atoms with Crippen molar-refractivity contribution < 1.29 is 22.7 Å². The molecule has 0 saturated carbocycles. The van der Waals surface area contributed by atoms with E-state index < -0.39 is 16.0 Å². The number of aryl methyl sites for hydroxylation is 1. The van der Waals surface area contributed by atoms with Gasteiger partial charge in [0.25, 0.3) is 0 Å². The lowest BCUT2D eigenvalue weighted by Crippen LogP contribution is -2.22. The summed E-state index contributed by atoms with van der Waals surface area (Å²) < 4.78 is 33.2. The molecule has 0 amide bonds. The van der Waals surface area contributed by atoms with Crippen molar-refractivity contribution in [2.75, 3.05) is 0 Å².